The monoisotopic (exact) mass is 463 g/mol. The van der Waals surface area contributed by atoms with Crippen LogP contribution >= 0.6 is 0 Å². The molecule has 0 fully saturated rings. The maximum atomic E-state index is 12.5. The molecule has 2 rings (SSSR count). The lowest BCUT2D eigenvalue weighted by atomic mass is 10.2. The minimum absolute atomic E-state index is 0.0618. The number of nitrogens with one attached hydrogen (secondary N) is 2. The first-order valence-corrected chi connectivity index (χ1v) is 11.5. The van der Waals surface area contributed by atoms with Crippen LogP contribution in [0.1, 0.15) is 54.3 Å². The molecule has 0 unspecified atom stereocenters. The van der Waals surface area contributed by atoms with Gasteiger partial charge in [-0.15, -0.1) is 0 Å². The molecule has 1 aromatic carbocycles. The molecule has 172 valence electrons. The Balaban J connectivity index is 2.02. The molecule has 0 aliphatic carbocycles. The molecule has 0 bridgehead atoms. The Morgan fingerprint density at radius 3 is 2.09 bits per heavy atom. The molecule has 11 heteroatoms. The van der Waals surface area contributed by atoms with Gasteiger partial charge in [-0.25, -0.2) is 22.9 Å². The fraction of sp³-hybridized carbons (Fsp3) is 0.333. The third-order valence-corrected chi connectivity index (χ3v) is 5.70. The smallest absolute Gasteiger partial charge is 0.431 e. The second-order valence-electron chi connectivity index (χ2n) is 6.61. The van der Waals surface area contributed by atoms with Crippen LogP contribution < -0.4 is 14.8 Å². The predicted molar refractivity (Wildman–Crippen MR) is 115 cm³/mol. The number of amides is 2. The van der Waals surface area contributed by atoms with Gasteiger partial charge >= 0.3 is 6.16 Å². The van der Waals surface area contributed by atoms with Crippen LogP contribution in [0.2, 0.25) is 0 Å². The van der Waals surface area contributed by atoms with Crippen molar-refractivity contribution >= 4 is 28.0 Å². The SMILES string of the molecule is CCNC(=O)c1ccc(S(=O)(=O)NC(=O)c2ccc(OC(=O)OC(CC)CC)nc2)cc1. The van der Waals surface area contributed by atoms with E-state index in [2.05, 4.69) is 10.3 Å². The van der Waals surface area contributed by atoms with E-state index in [9.17, 15) is 22.8 Å². The van der Waals surface area contributed by atoms with Crippen LogP contribution in [0.15, 0.2) is 47.5 Å². The summed E-state index contributed by atoms with van der Waals surface area (Å²) in [5, 5.41) is 2.60. The number of aromatic nitrogens is 1. The number of hydrogen-bond donors (Lipinski definition) is 2. The van der Waals surface area contributed by atoms with Crippen LogP contribution in [-0.4, -0.2) is 44.0 Å². The van der Waals surface area contributed by atoms with Gasteiger partial charge in [0.25, 0.3) is 21.8 Å². The number of carbonyl (C=O) groups excluding carboxylic acids is 3. The van der Waals surface area contributed by atoms with Gasteiger partial charge in [0.15, 0.2) is 0 Å². The van der Waals surface area contributed by atoms with Crippen molar-refractivity contribution in [3.63, 3.8) is 0 Å². The third-order valence-electron chi connectivity index (χ3n) is 4.35. The van der Waals surface area contributed by atoms with Gasteiger partial charge in [-0.2, -0.15) is 0 Å². The number of sulfonamides is 1. The molecule has 1 heterocycles. The van der Waals surface area contributed by atoms with Gasteiger partial charge in [-0.05, 0) is 50.1 Å². The summed E-state index contributed by atoms with van der Waals surface area (Å²) in [6, 6.07) is 7.64. The second kappa shape index (κ2) is 11.2. The van der Waals surface area contributed by atoms with Gasteiger partial charge < -0.3 is 14.8 Å². The van der Waals surface area contributed by atoms with E-state index < -0.39 is 22.1 Å². The zero-order valence-corrected chi connectivity index (χ0v) is 18.8. The minimum Gasteiger partial charge on any atom is -0.431 e. The zero-order chi connectivity index (χ0) is 23.7. The molecule has 0 spiro atoms. The summed E-state index contributed by atoms with van der Waals surface area (Å²) in [6.45, 7) is 5.95. The predicted octanol–water partition coefficient (Wildman–Crippen LogP) is 2.65. The largest absolute Gasteiger partial charge is 0.515 e. The van der Waals surface area contributed by atoms with E-state index in [4.69, 9.17) is 9.47 Å². The van der Waals surface area contributed by atoms with E-state index in [1.807, 2.05) is 18.6 Å². The third kappa shape index (κ3) is 6.77. The number of ether oxygens (including phenoxy) is 2. The van der Waals surface area contributed by atoms with Crippen LogP contribution in [0.4, 0.5) is 4.79 Å². The molecule has 10 nitrogen and oxygen atoms in total. The highest BCUT2D eigenvalue weighted by molar-refractivity contribution is 7.90. The maximum Gasteiger partial charge on any atom is 0.515 e. The van der Waals surface area contributed by atoms with Crippen molar-refractivity contribution in [1.29, 1.82) is 0 Å². The van der Waals surface area contributed by atoms with E-state index in [0.717, 1.165) is 6.20 Å². The summed E-state index contributed by atoms with van der Waals surface area (Å²) in [7, 11) is -4.18. The van der Waals surface area contributed by atoms with E-state index in [-0.39, 0.29) is 28.4 Å². The molecule has 2 N–H and O–H groups in total. The van der Waals surface area contributed by atoms with Gasteiger partial charge in [-0.1, -0.05) is 13.8 Å². The number of pyridine rings is 1. The summed E-state index contributed by atoms with van der Waals surface area (Å²) in [5.74, 6) is -1.35. The van der Waals surface area contributed by atoms with Gasteiger partial charge in [0.1, 0.15) is 6.10 Å². The van der Waals surface area contributed by atoms with Crippen molar-refractivity contribution in [3.8, 4) is 5.88 Å². The normalized spacial score (nSPS) is 11.0. The van der Waals surface area contributed by atoms with Crippen LogP contribution in [0.5, 0.6) is 5.88 Å². The summed E-state index contributed by atoms with van der Waals surface area (Å²) in [5.41, 5.74) is 0.230. The lowest BCUT2D eigenvalue weighted by Gasteiger charge is -2.13. The van der Waals surface area contributed by atoms with Crippen molar-refractivity contribution in [1.82, 2.24) is 15.0 Å². The Morgan fingerprint density at radius 2 is 1.56 bits per heavy atom. The molecular weight excluding hydrogens is 438 g/mol. The van der Waals surface area contributed by atoms with Crippen molar-refractivity contribution in [2.24, 2.45) is 0 Å². The highest BCUT2D eigenvalue weighted by Crippen LogP contribution is 2.14. The van der Waals surface area contributed by atoms with Crippen LogP contribution in [0.3, 0.4) is 0 Å². The molecule has 32 heavy (non-hydrogen) atoms. The fourth-order valence-electron chi connectivity index (χ4n) is 2.56. The van der Waals surface area contributed by atoms with Crippen molar-refractivity contribution in [2.45, 2.75) is 44.6 Å². The van der Waals surface area contributed by atoms with Gasteiger partial charge in [0.05, 0.1) is 10.5 Å². The molecule has 0 aliphatic heterocycles. The lowest BCUT2D eigenvalue weighted by molar-refractivity contribution is 0.0538. The summed E-state index contributed by atoms with van der Waals surface area (Å²) in [6.07, 6.45) is 1.17. The number of benzene rings is 1. The Labute approximate surface area is 186 Å². The van der Waals surface area contributed by atoms with Crippen molar-refractivity contribution in [3.05, 3.63) is 53.7 Å². The van der Waals surface area contributed by atoms with Crippen LogP contribution in [-0.2, 0) is 14.8 Å². The Hall–Kier alpha value is -3.47. The van der Waals surface area contributed by atoms with E-state index in [1.54, 1.807) is 6.92 Å². The first-order chi connectivity index (χ1) is 15.2. The average molecular weight is 464 g/mol. The molecule has 0 atom stereocenters. The lowest BCUT2D eigenvalue weighted by Crippen LogP contribution is -2.30. The highest BCUT2D eigenvalue weighted by Gasteiger charge is 2.20. The Morgan fingerprint density at radius 1 is 0.938 bits per heavy atom. The molecule has 2 aromatic rings. The number of carbonyl (C=O) groups is 3. The molecule has 2 amide bonds. The first-order valence-electron chi connectivity index (χ1n) is 10.00. The molecular formula is C21H25N3O7S. The molecule has 0 radical (unpaired) electrons. The number of nitrogens with zero attached hydrogens (tertiary/aromatic N) is 1. The van der Waals surface area contributed by atoms with Gasteiger partial charge in [0.2, 0.25) is 5.88 Å². The summed E-state index contributed by atoms with van der Waals surface area (Å²) in [4.78, 5) is 39.5. The van der Waals surface area contributed by atoms with Crippen LogP contribution in [0, 0.1) is 0 Å². The van der Waals surface area contributed by atoms with E-state index in [1.165, 1.54) is 36.4 Å². The topological polar surface area (TPSA) is 141 Å². The highest BCUT2D eigenvalue weighted by atomic mass is 32.2. The summed E-state index contributed by atoms with van der Waals surface area (Å²) >= 11 is 0. The van der Waals surface area contributed by atoms with Gasteiger partial charge in [-0.3, -0.25) is 9.59 Å². The number of rotatable bonds is 9. The van der Waals surface area contributed by atoms with Crippen LogP contribution in [0.25, 0.3) is 0 Å². The molecule has 0 saturated heterocycles. The Kier molecular flexibility index (Phi) is 8.71. The molecule has 0 aliphatic rings. The zero-order valence-electron chi connectivity index (χ0n) is 18.0. The standard InChI is InChI=1S/C21H25N3O7S/c1-4-16(5-2)30-21(27)31-18-12-9-15(13-23-18)20(26)24-32(28,29)17-10-7-14(8-11-17)19(25)22-6-3/h7-13,16H,4-6H2,1-3H3,(H,22,25)(H,24,26). The van der Waals surface area contributed by atoms with Gasteiger partial charge in [0, 0.05) is 24.4 Å². The summed E-state index contributed by atoms with van der Waals surface area (Å²) < 4.78 is 36.9. The minimum atomic E-state index is -4.18. The van der Waals surface area contributed by atoms with E-state index in [0.29, 0.717) is 24.9 Å². The first kappa shape index (κ1) is 24.8. The fourth-order valence-corrected chi connectivity index (χ4v) is 3.54. The van der Waals surface area contributed by atoms with Crippen molar-refractivity contribution < 1.29 is 32.3 Å². The van der Waals surface area contributed by atoms with E-state index >= 15 is 0 Å². The quantitative estimate of drug-likeness (QED) is 0.541. The average Bonchev–Trinajstić information content (AvgIpc) is 2.77. The van der Waals surface area contributed by atoms with Crippen molar-refractivity contribution in [2.75, 3.05) is 6.54 Å². The maximum absolute atomic E-state index is 12.5. The Bertz CT molecular complexity index is 1050. The molecule has 1 aromatic heterocycles. The molecule has 0 saturated carbocycles. The second-order valence-corrected chi connectivity index (χ2v) is 8.29. The number of hydrogen-bond acceptors (Lipinski definition) is 8.